The van der Waals surface area contributed by atoms with Crippen LogP contribution in [0.1, 0.15) is 25.5 Å². The summed E-state index contributed by atoms with van der Waals surface area (Å²) in [6, 6.07) is 18.2. The number of ether oxygens (including phenoxy) is 2. The Morgan fingerprint density at radius 3 is 2.46 bits per heavy atom. The van der Waals surface area contributed by atoms with Gasteiger partial charge >= 0.3 is 6.09 Å². The molecule has 1 aromatic heterocycles. The number of anilines is 1. The molecule has 1 heterocycles. The number of nitrogens with one attached hydrogen (secondary N) is 1. The molecule has 26 heavy (non-hydrogen) atoms. The van der Waals surface area contributed by atoms with E-state index >= 15 is 0 Å². The first-order chi connectivity index (χ1) is 12.6. The topological polar surface area (TPSA) is 65.4 Å². The van der Waals surface area contributed by atoms with E-state index in [1.54, 1.807) is 36.1 Å². The van der Waals surface area contributed by atoms with E-state index in [2.05, 4.69) is 10.4 Å². The third kappa shape index (κ3) is 4.03. The molecule has 0 atom stereocenters. The van der Waals surface area contributed by atoms with Gasteiger partial charge in [0.1, 0.15) is 17.3 Å². The molecule has 2 aromatic carbocycles. The summed E-state index contributed by atoms with van der Waals surface area (Å²) in [4.78, 5) is 12.3. The molecule has 0 aliphatic carbocycles. The van der Waals surface area contributed by atoms with Crippen molar-refractivity contribution in [2.24, 2.45) is 0 Å². The molecule has 3 rings (SSSR count). The van der Waals surface area contributed by atoms with E-state index in [0.717, 1.165) is 11.4 Å². The fourth-order valence-electron chi connectivity index (χ4n) is 2.44. The van der Waals surface area contributed by atoms with E-state index < -0.39 is 6.09 Å². The number of benzene rings is 2. The molecule has 0 saturated carbocycles. The van der Waals surface area contributed by atoms with Crippen molar-refractivity contribution in [3.8, 4) is 17.2 Å². The van der Waals surface area contributed by atoms with E-state index in [4.69, 9.17) is 9.47 Å². The SMILES string of the molecule is COc1cccc(-n2nc(C(C)C)cc2NC(=O)Oc2ccccc2)c1. The molecule has 1 N–H and O–H groups in total. The molecule has 0 aliphatic heterocycles. The highest BCUT2D eigenvalue weighted by Gasteiger charge is 2.16. The molecule has 0 fully saturated rings. The average molecular weight is 351 g/mol. The molecule has 1 amide bonds. The van der Waals surface area contributed by atoms with Gasteiger partial charge in [-0.3, -0.25) is 5.32 Å². The number of hydrogen-bond donors (Lipinski definition) is 1. The molecule has 134 valence electrons. The minimum absolute atomic E-state index is 0.215. The number of amides is 1. The zero-order valence-electron chi connectivity index (χ0n) is 15.0. The summed E-state index contributed by atoms with van der Waals surface area (Å²) < 4.78 is 12.3. The lowest BCUT2D eigenvalue weighted by molar-refractivity contribution is 0.215. The number of para-hydroxylation sites is 1. The number of rotatable bonds is 5. The van der Waals surface area contributed by atoms with E-state index in [1.807, 2.05) is 50.2 Å². The van der Waals surface area contributed by atoms with Gasteiger partial charge in [0.15, 0.2) is 0 Å². The maximum atomic E-state index is 12.3. The molecule has 6 heteroatoms. The molecule has 0 aliphatic rings. The van der Waals surface area contributed by atoms with E-state index in [0.29, 0.717) is 17.3 Å². The Hall–Kier alpha value is -3.28. The van der Waals surface area contributed by atoms with Crippen LogP contribution in [-0.2, 0) is 0 Å². The molecule has 6 nitrogen and oxygen atoms in total. The highest BCUT2D eigenvalue weighted by Crippen LogP contribution is 2.24. The Morgan fingerprint density at radius 2 is 1.77 bits per heavy atom. The van der Waals surface area contributed by atoms with Gasteiger partial charge in [-0.15, -0.1) is 0 Å². The van der Waals surface area contributed by atoms with Gasteiger partial charge in [-0.1, -0.05) is 38.1 Å². The molecule has 0 bridgehead atoms. The van der Waals surface area contributed by atoms with Crippen molar-refractivity contribution in [1.29, 1.82) is 0 Å². The van der Waals surface area contributed by atoms with Crippen LogP contribution in [0.2, 0.25) is 0 Å². The Kier molecular flexibility index (Phi) is 5.22. The Labute approximate surface area is 152 Å². The first-order valence-electron chi connectivity index (χ1n) is 8.35. The van der Waals surface area contributed by atoms with E-state index in [-0.39, 0.29) is 5.92 Å². The monoisotopic (exact) mass is 351 g/mol. The summed E-state index contributed by atoms with van der Waals surface area (Å²) in [6.07, 6.45) is -0.574. The maximum absolute atomic E-state index is 12.3. The van der Waals surface area contributed by atoms with Crippen LogP contribution in [0, 0.1) is 0 Å². The minimum atomic E-state index is -0.574. The minimum Gasteiger partial charge on any atom is -0.497 e. The van der Waals surface area contributed by atoms with Gasteiger partial charge in [0.25, 0.3) is 0 Å². The van der Waals surface area contributed by atoms with Gasteiger partial charge in [-0.05, 0) is 30.2 Å². The summed E-state index contributed by atoms with van der Waals surface area (Å²) in [7, 11) is 1.61. The number of aromatic nitrogens is 2. The lowest BCUT2D eigenvalue weighted by Crippen LogP contribution is -2.19. The highest BCUT2D eigenvalue weighted by molar-refractivity contribution is 5.85. The van der Waals surface area contributed by atoms with E-state index in [9.17, 15) is 4.79 Å². The third-order valence-electron chi connectivity index (χ3n) is 3.80. The second-order valence-electron chi connectivity index (χ2n) is 6.05. The molecule has 0 saturated heterocycles. The Bertz CT molecular complexity index is 888. The molecule has 0 radical (unpaired) electrons. The lowest BCUT2D eigenvalue weighted by atomic mass is 10.1. The summed E-state index contributed by atoms with van der Waals surface area (Å²) in [5.74, 6) is 1.93. The van der Waals surface area contributed by atoms with E-state index in [1.165, 1.54) is 0 Å². The number of nitrogens with zero attached hydrogens (tertiary/aromatic N) is 2. The zero-order chi connectivity index (χ0) is 18.5. The number of methoxy groups -OCH3 is 1. The van der Waals surface area contributed by atoms with Crippen molar-refractivity contribution < 1.29 is 14.3 Å². The van der Waals surface area contributed by atoms with Crippen LogP contribution < -0.4 is 14.8 Å². The van der Waals surface area contributed by atoms with Crippen molar-refractivity contribution in [2.45, 2.75) is 19.8 Å². The summed E-state index contributed by atoms with van der Waals surface area (Å²) in [5, 5.41) is 7.38. The van der Waals surface area contributed by atoms with Crippen molar-refractivity contribution in [3.63, 3.8) is 0 Å². The summed E-state index contributed by atoms with van der Waals surface area (Å²) >= 11 is 0. The fourth-order valence-corrected chi connectivity index (χ4v) is 2.44. The van der Waals surface area contributed by atoms with Crippen molar-refractivity contribution in [3.05, 3.63) is 66.4 Å². The fraction of sp³-hybridized carbons (Fsp3) is 0.200. The molecule has 0 spiro atoms. The predicted octanol–water partition coefficient (Wildman–Crippen LogP) is 4.62. The first-order valence-corrected chi connectivity index (χ1v) is 8.35. The van der Waals surface area contributed by atoms with Crippen LogP contribution >= 0.6 is 0 Å². The van der Waals surface area contributed by atoms with Crippen LogP contribution in [0.4, 0.5) is 10.6 Å². The van der Waals surface area contributed by atoms with Crippen LogP contribution in [0.25, 0.3) is 5.69 Å². The number of carbonyl (C=O) groups excluding carboxylic acids is 1. The van der Waals surface area contributed by atoms with Gasteiger partial charge in [-0.2, -0.15) is 5.10 Å². The molecular weight excluding hydrogens is 330 g/mol. The van der Waals surface area contributed by atoms with Crippen LogP contribution in [0.15, 0.2) is 60.7 Å². The van der Waals surface area contributed by atoms with Crippen molar-refractivity contribution in [1.82, 2.24) is 9.78 Å². The molecule has 0 unspecified atom stereocenters. The third-order valence-corrected chi connectivity index (χ3v) is 3.80. The summed E-state index contributed by atoms with van der Waals surface area (Å²) in [5.41, 5.74) is 1.65. The Balaban J connectivity index is 1.89. The highest BCUT2D eigenvalue weighted by atomic mass is 16.6. The average Bonchev–Trinajstić information content (AvgIpc) is 3.06. The van der Waals surface area contributed by atoms with Gasteiger partial charge in [0, 0.05) is 12.1 Å². The van der Waals surface area contributed by atoms with Gasteiger partial charge in [0.05, 0.1) is 18.5 Å². The normalized spacial score (nSPS) is 10.6. The summed E-state index contributed by atoms with van der Waals surface area (Å²) in [6.45, 7) is 4.09. The quantitative estimate of drug-likeness (QED) is 0.729. The van der Waals surface area contributed by atoms with Gasteiger partial charge in [0.2, 0.25) is 0 Å². The second-order valence-corrected chi connectivity index (χ2v) is 6.05. The van der Waals surface area contributed by atoms with Crippen LogP contribution in [0.5, 0.6) is 11.5 Å². The van der Waals surface area contributed by atoms with Gasteiger partial charge < -0.3 is 9.47 Å². The van der Waals surface area contributed by atoms with Crippen LogP contribution in [-0.4, -0.2) is 23.0 Å². The zero-order valence-corrected chi connectivity index (χ0v) is 15.0. The lowest BCUT2D eigenvalue weighted by Gasteiger charge is -2.10. The molecule has 3 aromatic rings. The van der Waals surface area contributed by atoms with Gasteiger partial charge in [-0.25, -0.2) is 9.48 Å². The number of carbonyl (C=O) groups is 1. The smallest absolute Gasteiger partial charge is 0.418 e. The standard InChI is InChI=1S/C20H21N3O3/c1-14(2)18-13-19(21-20(24)26-16-9-5-4-6-10-16)23(22-18)15-8-7-11-17(12-15)25-3/h4-14H,1-3H3,(H,21,24). The van der Waals surface area contributed by atoms with Crippen molar-refractivity contribution in [2.75, 3.05) is 12.4 Å². The molecular formula is C20H21N3O3. The largest absolute Gasteiger partial charge is 0.497 e. The van der Waals surface area contributed by atoms with Crippen molar-refractivity contribution >= 4 is 11.9 Å². The second kappa shape index (κ2) is 7.74. The number of hydrogen-bond acceptors (Lipinski definition) is 4. The maximum Gasteiger partial charge on any atom is 0.418 e. The predicted molar refractivity (Wildman–Crippen MR) is 100 cm³/mol. The Morgan fingerprint density at radius 1 is 1.04 bits per heavy atom. The first kappa shape index (κ1) is 17.5. The van der Waals surface area contributed by atoms with Crippen LogP contribution in [0.3, 0.4) is 0 Å².